The number of aromatic carboxylic acids is 1. The van der Waals surface area contributed by atoms with E-state index in [1.807, 2.05) is 30.0 Å². The first kappa shape index (κ1) is 19.6. The van der Waals surface area contributed by atoms with Gasteiger partial charge in [0.2, 0.25) is 0 Å². The van der Waals surface area contributed by atoms with E-state index in [0.29, 0.717) is 6.54 Å². The summed E-state index contributed by atoms with van der Waals surface area (Å²) in [6, 6.07) is 10.2. The van der Waals surface area contributed by atoms with Gasteiger partial charge in [0, 0.05) is 12.6 Å². The van der Waals surface area contributed by atoms with Crippen LogP contribution in [0.15, 0.2) is 42.7 Å². The summed E-state index contributed by atoms with van der Waals surface area (Å²) in [6.45, 7) is 4.76. The molecule has 0 fully saturated rings. The van der Waals surface area contributed by atoms with Crippen molar-refractivity contribution >= 4 is 11.9 Å². The fourth-order valence-electron chi connectivity index (χ4n) is 2.97. The lowest BCUT2D eigenvalue weighted by Gasteiger charge is -2.31. The van der Waals surface area contributed by atoms with E-state index >= 15 is 0 Å². The molecule has 1 unspecified atom stereocenters. The maximum atomic E-state index is 13.0. The summed E-state index contributed by atoms with van der Waals surface area (Å²) in [5.41, 5.74) is 1.20. The molecule has 0 aliphatic heterocycles. The van der Waals surface area contributed by atoms with Crippen LogP contribution in [0.25, 0.3) is 0 Å². The Hall–Kier alpha value is -2.76. The third-order valence-corrected chi connectivity index (χ3v) is 4.19. The average molecular weight is 355 g/mol. The summed E-state index contributed by atoms with van der Waals surface area (Å²) in [4.78, 5) is 33.6. The number of benzene rings is 1. The maximum Gasteiger partial charge on any atom is 0.356 e. The summed E-state index contributed by atoms with van der Waals surface area (Å²) in [5.74, 6) is -1.36. The largest absolute Gasteiger partial charge is 0.476 e. The number of carboxylic acids is 1. The van der Waals surface area contributed by atoms with E-state index < -0.39 is 5.97 Å². The van der Waals surface area contributed by atoms with E-state index in [0.717, 1.165) is 31.9 Å². The number of carbonyl (C=O) groups excluding carboxylic acids is 1. The number of aromatic nitrogens is 2. The Morgan fingerprint density at radius 1 is 1.04 bits per heavy atom. The minimum absolute atomic E-state index is 0.0656. The molecule has 0 spiro atoms. The lowest BCUT2D eigenvalue weighted by Crippen LogP contribution is -2.42. The Morgan fingerprint density at radius 2 is 1.69 bits per heavy atom. The summed E-state index contributed by atoms with van der Waals surface area (Å²) < 4.78 is 0. The van der Waals surface area contributed by atoms with Gasteiger partial charge in [-0.15, -0.1) is 0 Å². The van der Waals surface area contributed by atoms with Gasteiger partial charge in [0.25, 0.3) is 5.91 Å². The van der Waals surface area contributed by atoms with Crippen molar-refractivity contribution < 1.29 is 14.7 Å². The van der Waals surface area contributed by atoms with Crippen LogP contribution in [0.5, 0.6) is 0 Å². The second-order valence-electron chi connectivity index (χ2n) is 6.22. The van der Waals surface area contributed by atoms with E-state index in [1.54, 1.807) is 0 Å². The lowest BCUT2D eigenvalue weighted by molar-refractivity contribution is 0.0652. The van der Waals surface area contributed by atoms with Gasteiger partial charge in [-0.05, 0) is 24.8 Å². The normalized spacial score (nSPS) is 11.8. The van der Waals surface area contributed by atoms with Crippen LogP contribution in [0.4, 0.5) is 0 Å². The molecule has 1 amide bonds. The van der Waals surface area contributed by atoms with Crippen LogP contribution in [0, 0.1) is 0 Å². The molecule has 1 atom stereocenters. The average Bonchev–Trinajstić information content (AvgIpc) is 2.66. The van der Waals surface area contributed by atoms with E-state index in [-0.39, 0.29) is 23.3 Å². The molecule has 1 heterocycles. The highest BCUT2D eigenvalue weighted by Gasteiger charge is 2.25. The van der Waals surface area contributed by atoms with Crippen molar-refractivity contribution in [3.8, 4) is 0 Å². The summed E-state index contributed by atoms with van der Waals surface area (Å²) in [5, 5.41) is 8.93. The number of carboxylic acid groups (broad SMARTS) is 1. The Kier molecular flexibility index (Phi) is 7.26. The van der Waals surface area contributed by atoms with Crippen molar-refractivity contribution in [3.63, 3.8) is 0 Å². The monoisotopic (exact) mass is 355 g/mol. The Bertz CT molecular complexity index is 717. The van der Waals surface area contributed by atoms with E-state index in [2.05, 4.69) is 29.0 Å². The zero-order valence-corrected chi connectivity index (χ0v) is 15.3. The van der Waals surface area contributed by atoms with E-state index in [9.17, 15) is 9.59 Å². The molecule has 0 aliphatic carbocycles. The SMILES string of the molecule is CCCC(Cc1ccccc1)N(CCC)C(=O)c1cnc(C(=O)O)cn1. The van der Waals surface area contributed by atoms with Crippen molar-refractivity contribution in [2.24, 2.45) is 0 Å². The van der Waals surface area contributed by atoms with Crippen molar-refractivity contribution in [2.75, 3.05) is 6.54 Å². The lowest BCUT2D eigenvalue weighted by atomic mass is 10.00. The van der Waals surface area contributed by atoms with Gasteiger partial charge in [-0.3, -0.25) is 4.79 Å². The summed E-state index contributed by atoms with van der Waals surface area (Å²) >= 11 is 0. The second-order valence-corrected chi connectivity index (χ2v) is 6.22. The zero-order valence-electron chi connectivity index (χ0n) is 15.3. The van der Waals surface area contributed by atoms with E-state index in [4.69, 9.17) is 5.11 Å². The van der Waals surface area contributed by atoms with Crippen LogP contribution in [0.2, 0.25) is 0 Å². The molecule has 6 heteroatoms. The molecule has 1 N–H and O–H groups in total. The van der Waals surface area contributed by atoms with Crippen molar-refractivity contribution in [3.05, 3.63) is 59.7 Å². The van der Waals surface area contributed by atoms with Crippen LogP contribution < -0.4 is 0 Å². The summed E-state index contributed by atoms with van der Waals surface area (Å²) in [6.07, 6.45) is 5.85. The predicted molar refractivity (Wildman–Crippen MR) is 99.2 cm³/mol. The Morgan fingerprint density at radius 3 is 2.23 bits per heavy atom. The standard InChI is InChI=1S/C20H25N3O3/c1-3-8-16(12-15-9-6-5-7-10-15)23(11-4-2)19(24)17-13-22-18(14-21-17)20(25)26/h5-7,9-10,13-14,16H,3-4,8,11-12H2,1-2H3,(H,25,26). The predicted octanol–water partition coefficient (Wildman–Crippen LogP) is 3.44. The molecule has 0 saturated heterocycles. The molecule has 1 aromatic heterocycles. The van der Waals surface area contributed by atoms with Gasteiger partial charge in [0.05, 0.1) is 12.4 Å². The van der Waals surface area contributed by atoms with Gasteiger partial charge in [-0.1, -0.05) is 50.6 Å². The van der Waals surface area contributed by atoms with Crippen molar-refractivity contribution in [1.82, 2.24) is 14.9 Å². The maximum absolute atomic E-state index is 13.0. The van der Waals surface area contributed by atoms with Crippen LogP contribution >= 0.6 is 0 Å². The van der Waals surface area contributed by atoms with Gasteiger partial charge in [0.15, 0.2) is 5.69 Å². The molecule has 6 nitrogen and oxygen atoms in total. The smallest absolute Gasteiger partial charge is 0.356 e. The molecule has 0 saturated carbocycles. The molecule has 2 aromatic rings. The molecule has 138 valence electrons. The molecule has 26 heavy (non-hydrogen) atoms. The van der Waals surface area contributed by atoms with Gasteiger partial charge < -0.3 is 10.0 Å². The highest BCUT2D eigenvalue weighted by Crippen LogP contribution is 2.17. The summed E-state index contributed by atoms with van der Waals surface area (Å²) in [7, 11) is 0. The molecule has 0 radical (unpaired) electrons. The third kappa shape index (κ3) is 5.12. The minimum atomic E-state index is -1.16. The number of hydrogen-bond donors (Lipinski definition) is 1. The fraction of sp³-hybridized carbons (Fsp3) is 0.400. The minimum Gasteiger partial charge on any atom is -0.476 e. The van der Waals surface area contributed by atoms with Crippen LogP contribution in [-0.2, 0) is 6.42 Å². The van der Waals surface area contributed by atoms with Crippen LogP contribution in [0.3, 0.4) is 0 Å². The highest BCUT2D eigenvalue weighted by atomic mass is 16.4. The van der Waals surface area contributed by atoms with Crippen molar-refractivity contribution in [1.29, 1.82) is 0 Å². The van der Waals surface area contributed by atoms with Crippen LogP contribution in [-0.4, -0.2) is 44.4 Å². The molecule has 0 aliphatic rings. The molecule has 2 rings (SSSR count). The fourth-order valence-corrected chi connectivity index (χ4v) is 2.97. The van der Waals surface area contributed by atoms with Gasteiger partial charge in [0.1, 0.15) is 5.69 Å². The number of rotatable bonds is 9. The number of nitrogens with zero attached hydrogens (tertiary/aromatic N) is 3. The van der Waals surface area contributed by atoms with Gasteiger partial charge >= 0.3 is 5.97 Å². The molecular weight excluding hydrogens is 330 g/mol. The van der Waals surface area contributed by atoms with Crippen LogP contribution in [0.1, 0.15) is 59.7 Å². The molecular formula is C20H25N3O3. The zero-order chi connectivity index (χ0) is 18.9. The molecule has 0 bridgehead atoms. The molecule has 1 aromatic carbocycles. The second kappa shape index (κ2) is 9.65. The Balaban J connectivity index is 2.24. The third-order valence-electron chi connectivity index (χ3n) is 4.19. The highest BCUT2D eigenvalue weighted by molar-refractivity contribution is 5.93. The van der Waals surface area contributed by atoms with Crippen molar-refractivity contribution in [2.45, 2.75) is 45.6 Å². The van der Waals surface area contributed by atoms with Gasteiger partial charge in [-0.2, -0.15) is 0 Å². The first-order valence-electron chi connectivity index (χ1n) is 8.97. The van der Waals surface area contributed by atoms with E-state index in [1.165, 1.54) is 11.8 Å². The number of amides is 1. The van der Waals surface area contributed by atoms with Gasteiger partial charge in [-0.25, -0.2) is 14.8 Å². The number of carbonyl (C=O) groups is 2. The topological polar surface area (TPSA) is 83.4 Å². The quantitative estimate of drug-likeness (QED) is 0.745. The first-order chi connectivity index (χ1) is 12.6. The Labute approximate surface area is 153 Å². The first-order valence-corrected chi connectivity index (χ1v) is 8.97. The number of hydrogen-bond acceptors (Lipinski definition) is 4.